The minimum absolute atomic E-state index is 0.0767. The predicted octanol–water partition coefficient (Wildman–Crippen LogP) is 3.50. The highest BCUT2D eigenvalue weighted by Crippen LogP contribution is 2.35. The van der Waals surface area contributed by atoms with E-state index in [0.717, 1.165) is 24.8 Å². The van der Waals surface area contributed by atoms with Gasteiger partial charge in [-0.05, 0) is 57.4 Å². The Balaban J connectivity index is 1.78. The summed E-state index contributed by atoms with van der Waals surface area (Å²) in [6, 6.07) is 11.8. The smallest absolute Gasteiger partial charge is 0.248 e. The van der Waals surface area contributed by atoms with Gasteiger partial charge in [0.15, 0.2) is 0 Å². The van der Waals surface area contributed by atoms with E-state index in [2.05, 4.69) is 15.6 Å². The van der Waals surface area contributed by atoms with E-state index in [9.17, 15) is 9.59 Å². The fourth-order valence-electron chi connectivity index (χ4n) is 4.60. The molecule has 3 aromatic rings. The van der Waals surface area contributed by atoms with Gasteiger partial charge in [-0.3, -0.25) is 9.59 Å². The summed E-state index contributed by atoms with van der Waals surface area (Å²) in [6.07, 6.45) is 2.26. The molecule has 0 spiro atoms. The summed E-state index contributed by atoms with van der Waals surface area (Å²) >= 11 is 0. The Bertz CT molecular complexity index is 1270. The van der Waals surface area contributed by atoms with E-state index >= 15 is 0 Å². The number of carbonyl (C=O) groups is 2. The van der Waals surface area contributed by atoms with Gasteiger partial charge in [0.05, 0.1) is 25.8 Å². The van der Waals surface area contributed by atoms with Crippen molar-refractivity contribution < 1.29 is 23.8 Å². The zero-order chi connectivity index (χ0) is 27.3. The summed E-state index contributed by atoms with van der Waals surface area (Å²) in [5, 5.41) is 11.5. The maximum atomic E-state index is 14.1. The number of ether oxygens (including phenoxy) is 3. The van der Waals surface area contributed by atoms with Crippen molar-refractivity contribution in [2.75, 3.05) is 27.4 Å². The minimum Gasteiger partial charge on any atom is -0.497 e. The van der Waals surface area contributed by atoms with E-state index in [4.69, 9.17) is 14.2 Å². The molecule has 1 aromatic heterocycles. The lowest BCUT2D eigenvalue weighted by atomic mass is 9.97. The summed E-state index contributed by atoms with van der Waals surface area (Å²) in [7, 11) is 3.11. The van der Waals surface area contributed by atoms with Crippen molar-refractivity contribution in [2.24, 2.45) is 0 Å². The van der Waals surface area contributed by atoms with E-state index in [0.29, 0.717) is 29.2 Å². The number of rotatable bonds is 11. The molecule has 2 atom stereocenters. The van der Waals surface area contributed by atoms with Crippen LogP contribution in [-0.2, 0) is 20.9 Å². The molecule has 0 saturated carbocycles. The molecule has 0 unspecified atom stereocenters. The fraction of sp³-hybridized carbons (Fsp3) is 0.500. The average molecular weight is 524 g/mol. The van der Waals surface area contributed by atoms with Crippen LogP contribution < -0.4 is 14.8 Å². The first-order chi connectivity index (χ1) is 18.3. The number of amides is 2. The van der Waals surface area contributed by atoms with Gasteiger partial charge in [-0.2, -0.15) is 0 Å². The van der Waals surface area contributed by atoms with Crippen molar-refractivity contribution in [3.8, 4) is 11.5 Å². The van der Waals surface area contributed by atoms with Crippen LogP contribution in [0.15, 0.2) is 42.5 Å². The fourth-order valence-corrected chi connectivity index (χ4v) is 4.60. The maximum absolute atomic E-state index is 14.1. The molecule has 1 fully saturated rings. The molecule has 2 aromatic carbocycles. The van der Waals surface area contributed by atoms with Gasteiger partial charge in [0.1, 0.15) is 29.6 Å². The van der Waals surface area contributed by atoms with Crippen LogP contribution in [-0.4, -0.2) is 70.7 Å². The number of hydrogen-bond donors (Lipinski definition) is 1. The van der Waals surface area contributed by atoms with E-state index < -0.39 is 11.6 Å². The van der Waals surface area contributed by atoms with Crippen molar-refractivity contribution in [3.05, 3.63) is 48.0 Å². The lowest BCUT2D eigenvalue weighted by Crippen LogP contribution is -2.52. The third-order valence-electron chi connectivity index (χ3n) is 7.09. The highest BCUT2D eigenvalue weighted by atomic mass is 16.5. The molecule has 1 N–H and O–H groups in total. The monoisotopic (exact) mass is 523 g/mol. The molecule has 1 aliphatic rings. The summed E-state index contributed by atoms with van der Waals surface area (Å²) in [6.45, 7) is 6.74. The number of para-hydroxylation sites is 1. The van der Waals surface area contributed by atoms with Gasteiger partial charge in [0, 0.05) is 30.3 Å². The molecule has 2 amide bonds. The van der Waals surface area contributed by atoms with Crippen molar-refractivity contribution in [3.63, 3.8) is 0 Å². The molecule has 4 rings (SSSR count). The molecule has 2 heterocycles. The summed E-state index contributed by atoms with van der Waals surface area (Å²) in [5.41, 5.74) is 1.53. The Morgan fingerprint density at radius 3 is 2.68 bits per heavy atom. The number of nitrogens with zero attached hydrogens (tertiary/aromatic N) is 4. The average Bonchev–Trinajstić information content (AvgIpc) is 3.58. The largest absolute Gasteiger partial charge is 0.497 e. The molecule has 1 aliphatic heterocycles. The van der Waals surface area contributed by atoms with Gasteiger partial charge in [-0.1, -0.05) is 24.3 Å². The Labute approximate surface area is 223 Å². The number of hydrogen-bond acceptors (Lipinski definition) is 7. The van der Waals surface area contributed by atoms with Gasteiger partial charge >= 0.3 is 0 Å². The van der Waals surface area contributed by atoms with Crippen LogP contribution >= 0.6 is 0 Å². The first-order valence-electron chi connectivity index (χ1n) is 13.0. The summed E-state index contributed by atoms with van der Waals surface area (Å²) < 4.78 is 18.5. The molecule has 10 heteroatoms. The Kier molecular flexibility index (Phi) is 8.51. The highest BCUT2D eigenvalue weighted by Gasteiger charge is 2.38. The predicted molar refractivity (Wildman–Crippen MR) is 143 cm³/mol. The number of carbonyl (C=O) groups excluding carboxylic acids is 2. The molecule has 0 bridgehead atoms. The Morgan fingerprint density at radius 1 is 1.21 bits per heavy atom. The van der Waals surface area contributed by atoms with E-state index in [1.807, 2.05) is 45.0 Å². The van der Waals surface area contributed by atoms with Crippen LogP contribution in [0.5, 0.6) is 11.5 Å². The summed E-state index contributed by atoms with van der Waals surface area (Å²) in [5.74, 6) is 0.471. The zero-order valence-corrected chi connectivity index (χ0v) is 22.8. The van der Waals surface area contributed by atoms with E-state index in [1.54, 1.807) is 34.9 Å². The molecular weight excluding hydrogens is 486 g/mol. The second-order valence-electron chi connectivity index (χ2n) is 10.2. The molecule has 10 nitrogen and oxygen atoms in total. The van der Waals surface area contributed by atoms with E-state index in [1.165, 1.54) is 7.11 Å². The van der Waals surface area contributed by atoms with Crippen LogP contribution in [0.3, 0.4) is 0 Å². The first kappa shape index (κ1) is 27.4. The second kappa shape index (κ2) is 11.8. The number of methoxy groups -OCH3 is 2. The van der Waals surface area contributed by atoms with E-state index in [-0.39, 0.29) is 31.0 Å². The Morgan fingerprint density at radius 2 is 2.00 bits per heavy atom. The van der Waals surface area contributed by atoms with Gasteiger partial charge < -0.3 is 24.4 Å². The number of benzene rings is 2. The maximum Gasteiger partial charge on any atom is 0.248 e. The minimum atomic E-state index is -0.965. The lowest BCUT2D eigenvalue weighted by molar-refractivity contribution is -0.144. The van der Waals surface area contributed by atoms with Crippen LogP contribution in [0, 0.1) is 0 Å². The van der Waals surface area contributed by atoms with Crippen molar-refractivity contribution >= 4 is 22.8 Å². The van der Waals surface area contributed by atoms with Crippen LogP contribution in [0.4, 0.5) is 0 Å². The third-order valence-corrected chi connectivity index (χ3v) is 7.09. The van der Waals surface area contributed by atoms with Crippen LogP contribution in [0.2, 0.25) is 0 Å². The zero-order valence-electron chi connectivity index (χ0n) is 22.8. The van der Waals surface area contributed by atoms with Gasteiger partial charge in [0.25, 0.3) is 0 Å². The molecule has 38 heavy (non-hydrogen) atoms. The van der Waals surface area contributed by atoms with Crippen molar-refractivity contribution in [1.29, 1.82) is 0 Å². The van der Waals surface area contributed by atoms with Crippen molar-refractivity contribution in [2.45, 2.75) is 64.3 Å². The van der Waals surface area contributed by atoms with Gasteiger partial charge in [-0.15, -0.1) is 5.10 Å². The lowest BCUT2D eigenvalue weighted by Gasteiger charge is -2.36. The number of aromatic nitrogens is 3. The third kappa shape index (κ3) is 6.07. The summed E-state index contributed by atoms with van der Waals surface area (Å²) in [4.78, 5) is 29.7. The quantitative estimate of drug-likeness (QED) is 0.410. The number of nitrogens with one attached hydrogen (secondary N) is 1. The SMILES string of the molecule is CCC(C)(C)NC(=O)[C@H](c1ccc(OC)cc1OC)N(C[C@H]1CCCO1)C(=O)Cn1nnc2ccccc21. The first-order valence-corrected chi connectivity index (χ1v) is 13.0. The van der Waals surface area contributed by atoms with Crippen molar-refractivity contribution in [1.82, 2.24) is 25.2 Å². The molecule has 0 aliphatic carbocycles. The number of fused-ring (bicyclic) bond motifs is 1. The standard InChI is InChI=1S/C28H37N5O5/c1-6-28(2,3)29-27(35)26(21-14-13-19(36-4)16-24(21)37-5)32(17-20-10-9-15-38-20)25(34)18-33-23-12-8-7-11-22(23)30-31-33/h7-8,11-14,16,20,26H,6,9-10,15,17-18H2,1-5H3,(H,29,35)/t20-,26+/m1/s1. The molecule has 0 radical (unpaired) electrons. The molecule has 1 saturated heterocycles. The van der Waals surface area contributed by atoms with Gasteiger partial charge in [0.2, 0.25) is 11.8 Å². The van der Waals surface area contributed by atoms with Crippen LogP contribution in [0.1, 0.15) is 51.6 Å². The molecule has 204 valence electrons. The topological polar surface area (TPSA) is 108 Å². The van der Waals surface area contributed by atoms with Gasteiger partial charge in [-0.25, -0.2) is 4.68 Å². The molecular formula is C28H37N5O5. The Hall–Kier alpha value is -3.66. The normalized spacial score (nSPS) is 16.3. The van der Waals surface area contributed by atoms with Crippen LogP contribution in [0.25, 0.3) is 11.0 Å². The highest BCUT2D eigenvalue weighted by molar-refractivity contribution is 5.90. The second-order valence-corrected chi connectivity index (χ2v) is 10.2.